The fourth-order valence-electron chi connectivity index (χ4n) is 1.50. The van der Waals surface area contributed by atoms with Gasteiger partial charge in [0.1, 0.15) is 0 Å². The predicted molar refractivity (Wildman–Crippen MR) is 65.2 cm³/mol. The Balaban J connectivity index is 3.42. The molecule has 0 aliphatic carbocycles. The Labute approximate surface area is 105 Å². The van der Waals surface area contributed by atoms with E-state index >= 15 is 0 Å². The number of amides is 1. The van der Waals surface area contributed by atoms with Crippen LogP contribution in [0.2, 0.25) is 0 Å². The Morgan fingerprint density at radius 2 is 2.06 bits per heavy atom. The molecular formula is C10H12N2O5S. The quantitative estimate of drug-likeness (QED) is 0.397. The van der Waals surface area contributed by atoms with E-state index in [4.69, 9.17) is 16.0 Å². The van der Waals surface area contributed by atoms with Gasteiger partial charge in [-0.25, -0.2) is 9.00 Å². The molecule has 0 saturated carbocycles. The van der Waals surface area contributed by atoms with Gasteiger partial charge in [-0.15, -0.1) is 0 Å². The number of hydrogen-bond acceptors (Lipinski definition) is 5. The number of rotatable bonds is 4. The average Bonchev–Trinajstić information content (AvgIpc) is 2.27. The summed E-state index contributed by atoms with van der Waals surface area (Å²) in [6.07, 6.45) is 0. The molecule has 1 atom stereocenters. The predicted octanol–water partition coefficient (Wildman–Crippen LogP) is -0.124. The number of carbonyl (C=O) groups is 2. The van der Waals surface area contributed by atoms with E-state index in [1.165, 1.54) is 19.2 Å². The van der Waals surface area contributed by atoms with Crippen LogP contribution in [0.1, 0.15) is 26.3 Å². The van der Waals surface area contributed by atoms with Crippen molar-refractivity contribution in [3.63, 3.8) is 0 Å². The molecule has 18 heavy (non-hydrogen) atoms. The summed E-state index contributed by atoms with van der Waals surface area (Å²) in [5.41, 5.74) is 10.7. The largest absolute Gasteiger partial charge is 0.465 e. The van der Waals surface area contributed by atoms with Crippen LogP contribution in [0.25, 0.3) is 0 Å². The molecule has 1 rings (SSSR count). The van der Waals surface area contributed by atoms with E-state index in [1.54, 1.807) is 0 Å². The molecule has 0 bridgehead atoms. The lowest BCUT2D eigenvalue weighted by atomic mass is 10.0. The van der Waals surface area contributed by atoms with Crippen LogP contribution in [0, 0.1) is 0 Å². The van der Waals surface area contributed by atoms with Crippen molar-refractivity contribution in [2.75, 3.05) is 12.8 Å². The molecule has 1 amide bonds. The monoisotopic (exact) mass is 272 g/mol. The van der Waals surface area contributed by atoms with E-state index in [2.05, 4.69) is 4.74 Å². The number of benzene rings is 1. The second kappa shape index (κ2) is 5.61. The van der Waals surface area contributed by atoms with E-state index in [0.29, 0.717) is 0 Å². The SMILES string of the molecule is COC(=O)c1ccc(CS(=O)O)c(C(N)=O)c1N. The van der Waals surface area contributed by atoms with Crippen molar-refractivity contribution in [3.8, 4) is 0 Å². The van der Waals surface area contributed by atoms with Crippen LogP contribution in [0.4, 0.5) is 5.69 Å². The van der Waals surface area contributed by atoms with Crippen LogP contribution in [-0.2, 0) is 21.6 Å². The van der Waals surface area contributed by atoms with Gasteiger partial charge in [-0.3, -0.25) is 4.79 Å². The van der Waals surface area contributed by atoms with E-state index in [0.717, 1.165) is 0 Å². The summed E-state index contributed by atoms with van der Waals surface area (Å²) in [7, 11) is 1.17. The highest BCUT2D eigenvalue weighted by molar-refractivity contribution is 7.78. The lowest BCUT2D eigenvalue weighted by Gasteiger charge is -2.11. The maximum absolute atomic E-state index is 11.4. The van der Waals surface area contributed by atoms with E-state index in [1.807, 2.05) is 0 Å². The number of ether oxygens (including phenoxy) is 1. The Bertz CT molecular complexity index is 529. The second-order valence-electron chi connectivity index (χ2n) is 3.38. The van der Waals surface area contributed by atoms with E-state index in [-0.39, 0.29) is 28.1 Å². The van der Waals surface area contributed by atoms with Gasteiger partial charge in [-0.05, 0) is 11.6 Å². The maximum atomic E-state index is 11.4. The molecule has 1 unspecified atom stereocenters. The Hall–Kier alpha value is -1.93. The zero-order valence-corrected chi connectivity index (χ0v) is 10.3. The van der Waals surface area contributed by atoms with Crippen molar-refractivity contribution in [1.29, 1.82) is 0 Å². The standard InChI is InChI=1S/C10H12N2O5S/c1-17-10(14)6-3-2-5(4-18(15)16)7(8(6)11)9(12)13/h2-3H,4,11H2,1H3,(H2,12,13)(H,15,16). The van der Waals surface area contributed by atoms with E-state index < -0.39 is 23.0 Å². The fraction of sp³-hybridized carbons (Fsp3) is 0.200. The van der Waals surface area contributed by atoms with Gasteiger partial charge in [0.15, 0.2) is 11.1 Å². The van der Waals surface area contributed by atoms with Crippen molar-refractivity contribution in [1.82, 2.24) is 0 Å². The molecule has 0 aromatic heterocycles. The maximum Gasteiger partial charge on any atom is 0.339 e. The first kappa shape index (κ1) is 14.1. The minimum Gasteiger partial charge on any atom is -0.465 e. The van der Waals surface area contributed by atoms with Crippen molar-refractivity contribution >= 4 is 28.6 Å². The number of esters is 1. The minimum absolute atomic E-state index is 0.0150. The lowest BCUT2D eigenvalue weighted by Crippen LogP contribution is -2.19. The fourth-order valence-corrected chi connectivity index (χ4v) is 2.00. The van der Waals surface area contributed by atoms with Gasteiger partial charge in [-0.2, -0.15) is 0 Å². The summed E-state index contributed by atoms with van der Waals surface area (Å²) in [6.45, 7) is 0. The van der Waals surface area contributed by atoms with Crippen LogP contribution >= 0.6 is 0 Å². The van der Waals surface area contributed by atoms with Crippen molar-refractivity contribution in [2.45, 2.75) is 5.75 Å². The van der Waals surface area contributed by atoms with Gasteiger partial charge < -0.3 is 20.8 Å². The topological polar surface area (TPSA) is 133 Å². The third-order valence-corrected chi connectivity index (χ3v) is 2.82. The molecule has 7 nitrogen and oxygen atoms in total. The molecule has 1 aromatic carbocycles. The van der Waals surface area contributed by atoms with Crippen molar-refractivity contribution < 1.29 is 23.1 Å². The molecule has 5 N–H and O–H groups in total. The first-order valence-corrected chi connectivity index (χ1v) is 6.03. The van der Waals surface area contributed by atoms with E-state index in [9.17, 15) is 13.8 Å². The van der Waals surface area contributed by atoms with Crippen LogP contribution in [0.5, 0.6) is 0 Å². The van der Waals surface area contributed by atoms with Gasteiger partial charge in [0.2, 0.25) is 0 Å². The third-order valence-electron chi connectivity index (χ3n) is 2.26. The third kappa shape index (κ3) is 2.84. The zero-order valence-electron chi connectivity index (χ0n) is 9.50. The van der Waals surface area contributed by atoms with Crippen molar-refractivity contribution in [3.05, 3.63) is 28.8 Å². The Morgan fingerprint density at radius 1 is 1.44 bits per heavy atom. The van der Waals surface area contributed by atoms with Crippen LogP contribution < -0.4 is 11.5 Å². The van der Waals surface area contributed by atoms with Gasteiger partial charge in [0, 0.05) is 0 Å². The highest BCUT2D eigenvalue weighted by Crippen LogP contribution is 2.23. The van der Waals surface area contributed by atoms with Gasteiger partial charge >= 0.3 is 5.97 Å². The molecule has 0 radical (unpaired) electrons. The average molecular weight is 272 g/mol. The summed E-state index contributed by atoms with van der Waals surface area (Å²) in [4.78, 5) is 22.7. The molecule has 1 aromatic rings. The highest BCUT2D eigenvalue weighted by Gasteiger charge is 2.20. The number of carbonyl (C=O) groups excluding carboxylic acids is 2. The lowest BCUT2D eigenvalue weighted by molar-refractivity contribution is 0.0602. The zero-order chi connectivity index (χ0) is 13.9. The van der Waals surface area contributed by atoms with Crippen LogP contribution in [0.3, 0.4) is 0 Å². The number of methoxy groups -OCH3 is 1. The number of anilines is 1. The summed E-state index contributed by atoms with van der Waals surface area (Å²) in [5, 5.41) is 0. The minimum atomic E-state index is -2.15. The summed E-state index contributed by atoms with van der Waals surface area (Å²) in [5.74, 6) is -1.89. The van der Waals surface area contributed by atoms with Crippen molar-refractivity contribution in [2.24, 2.45) is 5.73 Å². The molecule has 0 spiro atoms. The Morgan fingerprint density at radius 3 is 2.50 bits per heavy atom. The molecule has 0 aliphatic heterocycles. The number of primary amides is 1. The molecular weight excluding hydrogens is 260 g/mol. The van der Waals surface area contributed by atoms with Gasteiger partial charge in [0.25, 0.3) is 5.91 Å². The Kier molecular flexibility index (Phi) is 4.40. The normalized spacial score (nSPS) is 11.9. The van der Waals surface area contributed by atoms with Gasteiger partial charge in [-0.1, -0.05) is 6.07 Å². The molecule has 98 valence electrons. The molecule has 0 heterocycles. The first-order chi connectivity index (χ1) is 8.38. The molecule has 0 aliphatic rings. The first-order valence-electron chi connectivity index (χ1n) is 4.75. The number of hydrogen-bond donors (Lipinski definition) is 3. The summed E-state index contributed by atoms with van der Waals surface area (Å²) >= 11 is -2.15. The molecule has 0 fully saturated rings. The smallest absolute Gasteiger partial charge is 0.339 e. The second-order valence-corrected chi connectivity index (χ2v) is 4.31. The molecule has 8 heteroatoms. The highest BCUT2D eigenvalue weighted by atomic mass is 32.2. The molecule has 0 saturated heterocycles. The van der Waals surface area contributed by atoms with Crippen LogP contribution in [-0.4, -0.2) is 27.7 Å². The number of nitrogens with two attached hydrogens (primary N) is 2. The van der Waals surface area contributed by atoms with Gasteiger partial charge in [0.05, 0.1) is 29.7 Å². The summed E-state index contributed by atoms with van der Waals surface area (Å²) in [6, 6.07) is 2.66. The van der Waals surface area contributed by atoms with Crippen LogP contribution in [0.15, 0.2) is 12.1 Å². The number of nitrogen functional groups attached to an aromatic ring is 1. The summed E-state index contributed by atoms with van der Waals surface area (Å²) < 4.78 is 24.1.